The summed E-state index contributed by atoms with van der Waals surface area (Å²) in [6.45, 7) is 1.29. The van der Waals surface area contributed by atoms with E-state index in [1.165, 1.54) is 6.92 Å². The lowest BCUT2D eigenvalue weighted by Crippen LogP contribution is -2.37. The van der Waals surface area contributed by atoms with Crippen LogP contribution in [0.15, 0.2) is 63.5 Å². The van der Waals surface area contributed by atoms with Crippen molar-refractivity contribution in [3.8, 4) is 5.75 Å². The third kappa shape index (κ3) is 5.62. The van der Waals surface area contributed by atoms with Crippen molar-refractivity contribution in [2.75, 3.05) is 11.9 Å². The van der Waals surface area contributed by atoms with Gasteiger partial charge in [0.1, 0.15) is 5.75 Å². The summed E-state index contributed by atoms with van der Waals surface area (Å²) in [5, 5.41) is 7.60. The minimum Gasteiger partial charge on any atom is -0.483 e. The molecule has 3 rings (SSSR count). The van der Waals surface area contributed by atoms with Gasteiger partial charge in [-0.25, -0.2) is 0 Å². The lowest BCUT2D eigenvalue weighted by atomic mass is 10.1. The fourth-order valence-electron chi connectivity index (χ4n) is 2.64. The normalized spacial score (nSPS) is 10.4. The molecule has 29 heavy (non-hydrogen) atoms. The second kappa shape index (κ2) is 9.47. The number of benzene rings is 3. The molecule has 0 aromatic heterocycles. The van der Waals surface area contributed by atoms with E-state index in [-0.39, 0.29) is 17.5 Å². The van der Waals surface area contributed by atoms with Crippen LogP contribution in [0.5, 0.6) is 5.75 Å². The summed E-state index contributed by atoms with van der Waals surface area (Å²) in [6, 6.07) is 16.5. The fraction of sp³-hybridized carbons (Fsp3) is 0.0952. The molecule has 1 amide bonds. The van der Waals surface area contributed by atoms with E-state index in [1.54, 1.807) is 30.3 Å². The van der Waals surface area contributed by atoms with Crippen molar-refractivity contribution < 1.29 is 14.3 Å². The summed E-state index contributed by atoms with van der Waals surface area (Å²) in [5.74, 6) is 0.112. The Balaban J connectivity index is 1.58. The highest BCUT2D eigenvalue weighted by Gasteiger charge is 2.11. The van der Waals surface area contributed by atoms with Gasteiger partial charge in [0.25, 0.3) is 5.91 Å². The molecule has 0 aliphatic rings. The molecule has 0 unspecified atom stereocenters. The van der Waals surface area contributed by atoms with E-state index in [9.17, 15) is 9.59 Å². The average molecular weight is 536 g/mol. The van der Waals surface area contributed by atoms with E-state index in [2.05, 4.69) is 42.5 Å². The molecule has 0 spiro atoms. The first-order valence-corrected chi connectivity index (χ1v) is 10.6. The Morgan fingerprint density at radius 2 is 1.86 bits per heavy atom. The van der Waals surface area contributed by atoms with Crippen molar-refractivity contribution in [3.05, 3.63) is 69.1 Å². The van der Waals surface area contributed by atoms with Crippen molar-refractivity contribution in [1.82, 2.24) is 5.32 Å². The summed E-state index contributed by atoms with van der Waals surface area (Å²) in [4.78, 5) is 23.6. The van der Waals surface area contributed by atoms with Crippen LogP contribution in [-0.2, 0) is 4.79 Å². The van der Waals surface area contributed by atoms with Crippen molar-refractivity contribution >= 4 is 77.3 Å². The molecule has 0 saturated carbocycles. The number of anilines is 1. The number of carbonyl (C=O) groups is 2. The standard InChI is InChI=1S/C21H16Br2N2O3S/c1-12(26)13-3-2-4-16(10-13)24-21(29)25-19(27)11-28-18-8-5-14-9-15(22)6-7-17(14)20(18)23/h2-10H,11H2,1H3,(H2,24,25,27,29). The maximum atomic E-state index is 12.2. The third-order valence-electron chi connectivity index (χ3n) is 4.02. The zero-order valence-electron chi connectivity index (χ0n) is 15.3. The number of hydrogen-bond donors (Lipinski definition) is 2. The maximum absolute atomic E-state index is 12.2. The molecule has 0 atom stereocenters. The number of thiocarbonyl (C=S) groups is 1. The SMILES string of the molecule is CC(=O)c1cccc(NC(=S)NC(=O)COc2ccc3cc(Br)ccc3c2Br)c1. The van der Waals surface area contributed by atoms with E-state index in [0.717, 1.165) is 19.7 Å². The van der Waals surface area contributed by atoms with Gasteiger partial charge in [0.2, 0.25) is 0 Å². The van der Waals surface area contributed by atoms with Crippen LogP contribution in [0.2, 0.25) is 0 Å². The molecule has 0 aliphatic carbocycles. The van der Waals surface area contributed by atoms with Crippen LogP contribution in [0.4, 0.5) is 5.69 Å². The summed E-state index contributed by atoms with van der Waals surface area (Å²) < 4.78 is 7.40. The lowest BCUT2D eigenvalue weighted by molar-refractivity contribution is -0.121. The zero-order valence-corrected chi connectivity index (χ0v) is 19.3. The van der Waals surface area contributed by atoms with Crippen LogP contribution in [0.1, 0.15) is 17.3 Å². The van der Waals surface area contributed by atoms with Gasteiger partial charge in [-0.05, 0) is 76.2 Å². The Bertz CT molecular complexity index is 1120. The fourth-order valence-corrected chi connectivity index (χ4v) is 3.86. The quantitative estimate of drug-likeness (QED) is 0.335. The average Bonchev–Trinajstić information content (AvgIpc) is 2.67. The zero-order chi connectivity index (χ0) is 21.0. The minimum absolute atomic E-state index is 0.0506. The van der Waals surface area contributed by atoms with Gasteiger partial charge in [-0.15, -0.1) is 0 Å². The van der Waals surface area contributed by atoms with Gasteiger partial charge in [0.05, 0.1) is 4.47 Å². The Kier molecular flexibility index (Phi) is 7.00. The van der Waals surface area contributed by atoms with Crippen LogP contribution in [0, 0.1) is 0 Å². The Labute approximate surface area is 190 Å². The molecule has 3 aromatic carbocycles. The number of ether oxygens (including phenoxy) is 1. The summed E-state index contributed by atoms with van der Waals surface area (Å²) in [7, 11) is 0. The number of halogens is 2. The first kappa shape index (κ1) is 21.4. The monoisotopic (exact) mass is 534 g/mol. The van der Waals surface area contributed by atoms with Gasteiger partial charge >= 0.3 is 0 Å². The highest BCUT2D eigenvalue weighted by molar-refractivity contribution is 9.11. The molecule has 148 valence electrons. The van der Waals surface area contributed by atoms with Crippen LogP contribution in [-0.4, -0.2) is 23.4 Å². The van der Waals surface area contributed by atoms with Crippen LogP contribution in [0.25, 0.3) is 10.8 Å². The first-order valence-electron chi connectivity index (χ1n) is 8.56. The highest BCUT2D eigenvalue weighted by Crippen LogP contribution is 2.34. The van der Waals surface area contributed by atoms with E-state index >= 15 is 0 Å². The smallest absolute Gasteiger partial charge is 0.264 e. The van der Waals surface area contributed by atoms with E-state index in [0.29, 0.717) is 17.0 Å². The van der Waals surface area contributed by atoms with Gasteiger partial charge in [0, 0.05) is 15.7 Å². The molecule has 0 heterocycles. The Morgan fingerprint density at radius 3 is 2.62 bits per heavy atom. The molecular weight excluding hydrogens is 520 g/mol. The van der Waals surface area contributed by atoms with Crippen LogP contribution < -0.4 is 15.4 Å². The van der Waals surface area contributed by atoms with Crippen LogP contribution >= 0.6 is 44.1 Å². The number of fused-ring (bicyclic) bond motifs is 1. The van der Waals surface area contributed by atoms with Gasteiger partial charge < -0.3 is 10.1 Å². The maximum Gasteiger partial charge on any atom is 0.264 e. The number of ketones is 1. The Morgan fingerprint density at radius 1 is 1.07 bits per heavy atom. The number of amides is 1. The largest absolute Gasteiger partial charge is 0.483 e. The molecule has 8 heteroatoms. The summed E-state index contributed by atoms with van der Waals surface area (Å²) >= 11 is 12.1. The first-order chi connectivity index (χ1) is 13.8. The molecule has 2 N–H and O–H groups in total. The van der Waals surface area contributed by atoms with Gasteiger partial charge in [-0.3, -0.25) is 14.9 Å². The second-order valence-corrected chi connectivity index (χ2v) is 8.29. The van der Waals surface area contributed by atoms with Crippen LogP contribution in [0.3, 0.4) is 0 Å². The highest BCUT2D eigenvalue weighted by atomic mass is 79.9. The van der Waals surface area contributed by atoms with Crippen molar-refractivity contribution in [2.24, 2.45) is 0 Å². The van der Waals surface area contributed by atoms with Crippen molar-refractivity contribution in [2.45, 2.75) is 6.92 Å². The van der Waals surface area contributed by atoms with Gasteiger partial charge in [-0.1, -0.05) is 40.2 Å². The molecule has 3 aromatic rings. The predicted octanol–water partition coefficient (Wildman–Crippen LogP) is 5.46. The van der Waals surface area contributed by atoms with Crippen molar-refractivity contribution in [1.29, 1.82) is 0 Å². The number of nitrogens with one attached hydrogen (secondary N) is 2. The molecule has 0 radical (unpaired) electrons. The topological polar surface area (TPSA) is 67.4 Å². The third-order valence-corrected chi connectivity index (χ3v) is 5.53. The minimum atomic E-state index is -0.395. The summed E-state index contributed by atoms with van der Waals surface area (Å²) in [6.07, 6.45) is 0. The Hall–Kier alpha value is -2.29. The number of hydrogen-bond acceptors (Lipinski definition) is 4. The molecular formula is C21H16Br2N2O3S. The number of carbonyl (C=O) groups excluding carboxylic acids is 2. The predicted molar refractivity (Wildman–Crippen MR) is 126 cm³/mol. The van der Waals surface area contributed by atoms with E-state index < -0.39 is 5.91 Å². The van der Waals surface area contributed by atoms with E-state index in [4.69, 9.17) is 17.0 Å². The summed E-state index contributed by atoms with van der Waals surface area (Å²) in [5.41, 5.74) is 1.17. The molecule has 0 saturated heterocycles. The molecule has 0 fully saturated rings. The number of Topliss-reactive ketones (excluding diaryl/α,β-unsaturated/α-hetero) is 1. The molecule has 0 aliphatic heterocycles. The lowest BCUT2D eigenvalue weighted by Gasteiger charge is -2.12. The molecule has 0 bridgehead atoms. The molecule has 5 nitrogen and oxygen atoms in total. The number of rotatable bonds is 5. The van der Waals surface area contributed by atoms with Crippen molar-refractivity contribution in [3.63, 3.8) is 0 Å². The van der Waals surface area contributed by atoms with Gasteiger partial charge in [-0.2, -0.15) is 0 Å². The van der Waals surface area contributed by atoms with E-state index in [1.807, 2.05) is 24.3 Å². The van der Waals surface area contributed by atoms with Gasteiger partial charge in [0.15, 0.2) is 17.5 Å². The second-order valence-electron chi connectivity index (χ2n) is 6.17.